The van der Waals surface area contributed by atoms with Gasteiger partial charge in [0.2, 0.25) is 0 Å². The molecule has 0 bridgehead atoms. The van der Waals surface area contributed by atoms with Crippen LogP contribution in [0.4, 0.5) is 26.3 Å². The van der Waals surface area contributed by atoms with Gasteiger partial charge in [-0.05, 0) is 53.1 Å². The highest BCUT2D eigenvalue weighted by atomic mass is 32.2. The Morgan fingerprint density at radius 2 is 1.33 bits per heavy atom. The Hall–Kier alpha value is -3.60. The predicted octanol–water partition coefficient (Wildman–Crippen LogP) is 5.54. The van der Waals surface area contributed by atoms with Crippen LogP contribution in [0.5, 0.6) is 5.75 Å². The minimum absolute atomic E-state index is 0.0912. The van der Waals surface area contributed by atoms with Crippen LogP contribution in [-0.4, -0.2) is 44.7 Å². The molecule has 1 aliphatic carbocycles. The zero-order chi connectivity index (χ0) is 31.5. The zero-order valence-electron chi connectivity index (χ0n) is 21.4. The van der Waals surface area contributed by atoms with Crippen LogP contribution in [0.2, 0.25) is 0 Å². The van der Waals surface area contributed by atoms with E-state index in [2.05, 4.69) is 8.37 Å². The van der Waals surface area contributed by atoms with Gasteiger partial charge in [0, 0.05) is 10.9 Å². The Labute approximate surface area is 236 Å². The third-order valence-corrected chi connectivity index (χ3v) is 7.79. The van der Waals surface area contributed by atoms with Gasteiger partial charge in [-0.3, -0.25) is 0 Å². The molecule has 0 aliphatic heterocycles. The molecule has 42 heavy (non-hydrogen) atoms. The quantitative estimate of drug-likeness (QED) is 0.204. The number of hydrogen-bond acceptors (Lipinski definition) is 8. The van der Waals surface area contributed by atoms with E-state index in [1.165, 1.54) is 18.2 Å². The molecule has 0 unspecified atom stereocenters. The van der Waals surface area contributed by atoms with Gasteiger partial charge in [-0.1, -0.05) is 54.6 Å². The van der Waals surface area contributed by atoms with Crippen molar-refractivity contribution in [3.8, 4) is 5.75 Å². The molecule has 4 rings (SSSR count). The summed E-state index contributed by atoms with van der Waals surface area (Å²) in [6.07, 6.45) is 2.88. The van der Waals surface area contributed by atoms with E-state index < -0.39 is 49.4 Å². The van der Waals surface area contributed by atoms with Crippen molar-refractivity contribution in [2.24, 2.45) is 0 Å². The minimum atomic E-state index is -5.76. The molecule has 0 spiro atoms. The van der Waals surface area contributed by atoms with E-state index in [0.717, 1.165) is 6.07 Å². The first-order chi connectivity index (χ1) is 19.4. The largest absolute Gasteiger partial charge is 0.534 e. The lowest BCUT2D eigenvalue weighted by molar-refractivity contribution is -0.0511. The smallest absolute Gasteiger partial charge is 0.392 e. The summed E-state index contributed by atoms with van der Waals surface area (Å²) in [5.41, 5.74) is -8.85. The molecule has 2 N–H and O–H groups in total. The van der Waals surface area contributed by atoms with Gasteiger partial charge < -0.3 is 18.6 Å². The fourth-order valence-electron chi connectivity index (χ4n) is 3.76. The van der Waals surface area contributed by atoms with Gasteiger partial charge in [0.15, 0.2) is 5.75 Å². The Balaban J connectivity index is 0.000000230. The van der Waals surface area contributed by atoms with Crippen molar-refractivity contribution < 1.29 is 61.8 Å². The van der Waals surface area contributed by atoms with Crippen molar-refractivity contribution in [1.82, 2.24) is 0 Å². The molecular weight excluding hydrogens is 618 g/mol. The summed E-state index contributed by atoms with van der Waals surface area (Å²) < 4.78 is 128. The standard InChI is InChI=1S/2C13H11F3O4S/c1-8-9(7-17)6-12(11-5-3-2-4-10(8)11)20-21(18,19)13(14,15)16;14-13(15,16)21(18,19)20-12-6-5-9(8-17)7-10-3-1-2-4-11(10)12/h2-6,17H,7H2,1H3;1-4,6-7,17H,5,8H2. The lowest BCUT2D eigenvalue weighted by atomic mass is 10.00. The Kier molecular flexibility index (Phi) is 9.66. The van der Waals surface area contributed by atoms with Crippen molar-refractivity contribution in [2.75, 3.05) is 6.61 Å². The molecule has 228 valence electrons. The number of halogens is 6. The summed E-state index contributed by atoms with van der Waals surface area (Å²) in [4.78, 5) is 0. The molecule has 0 aromatic heterocycles. The summed E-state index contributed by atoms with van der Waals surface area (Å²) >= 11 is 0. The van der Waals surface area contributed by atoms with Gasteiger partial charge in [0.25, 0.3) is 0 Å². The number of aryl methyl sites for hydroxylation is 1. The molecule has 0 saturated heterocycles. The topological polar surface area (TPSA) is 127 Å². The molecule has 16 heteroatoms. The number of allylic oxidation sites excluding steroid dienone is 1. The minimum Gasteiger partial charge on any atom is -0.392 e. The lowest BCUT2D eigenvalue weighted by Gasteiger charge is -2.14. The number of rotatable bonds is 6. The maximum atomic E-state index is 12.4. The summed E-state index contributed by atoms with van der Waals surface area (Å²) in [6.45, 7) is 0.944. The van der Waals surface area contributed by atoms with E-state index in [1.54, 1.807) is 49.4 Å². The van der Waals surface area contributed by atoms with Crippen LogP contribution in [0.15, 0.2) is 66.2 Å². The number of benzene rings is 3. The predicted molar refractivity (Wildman–Crippen MR) is 140 cm³/mol. The van der Waals surface area contributed by atoms with Gasteiger partial charge in [-0.25, -0.2) is 0 Å². The fraction of sp³-hybridized carbons (Fsp3) is 0.231. The fourth-order valence-corrected chi connectivity index (χ4v) is 4.71. The molecular formula is C26H22F6O8S2. The maximum absolute atomic E-state index is 12.4. The molecule has 0 atom stereocenters. The van der Waals surface area contributed by atoms with Crippen molar-refractivity contribution in [1.29, 1.82) is 0 Å². The normalized spacial score (nSPS) is 14.1. The molecule has 0 fully saturated rings. The van der Waals surface area contributed by atoms with Gasteiger partial charge in [0.1, 0.15) is 5.76 Å². The summed E-state index contributed by atoms with van der Waals surface area (Å²) in [5, 5.41) is 19.1. The lowest BCUT2D eigenvalue weighted by Crippen LogP contribution is -2.28. The summed E-state index contributed by atoms with van der Waals surface area (Å²) in [7, 11) is -11.5. The van der Waals surface area contributed by atoms with Crippen molar-refractivity contribution in [3.63, 3.8) is 0 Å². The SMILES string of the molecule is Cc1c(CO)cc(OS(=O)(=O)C(F)(F)F)c2ccccc12.O=S(=O)(OC1=CCC(CO)=Cc2ccccc21)C(F)(F)F. The summed E-state index contributed by atoms with van der Waals surface area (Å²) in [6, 6.07) is 13.6. The molecule has 3 aromatic rings. The van der Waals surface area contributed by atoms with E-state index >= 15 is 0 Å². The maximum Gasteiger partial charge on any atom is 0.534 e. The molecule has 1 aliphatic rings. The van der Waals surface area contributed by atoms with Gasteiger partial charge >= 0.3 is 31.3 Å². The highest BCUT2D eigenvalue weighted by Gasteiger charge is 2.49. The monoisotopic (exact) mass is 640 g/mol. The molecule has 0 heterocycles. The van der Waals surface area contributed by atoms with Crippen LogP contribution in [-0.2, 0) is 31.0 Å². The van der Waals surface area contributed by atoms with E-state index in [0.29, 0.717) is 27.6 Å². The highest BCUT2D eigenvalue weighted by Crippen LogP contribution is 2.36. The van der Waals surface area contributed by atoms with E-state index in [-0.39, 0.29) is 24.0 Å². The third-order valence-electron chi connectivity index (χ3n) is 5.86. The van der Waals surface area contributed by atoms with Gasteiger partial charge in [0.05, 0.1) is 13.2 Å². The average Bonchev–Trinajstić information content (AvgIpc) is 3.08. The molecule has 0 saturated carbocycles. The number of aliphatic hydroxyl groups excluding tert-OH is 2. The van der Waals surface area contributed by atoms with Crippen molar-refractivity contribution in [3.05, 3.63) is 88.5 Å². The first-order valence-electron chi connectivity index (χ1n) is 11.6. The third kappa shape index (κ3) is 7.24. The number of fused-ring (bicyclic) bond motifs is 2. The van der Waals surface area contributed by atoms with E-state index in [1.807, 2.05) is 0 Å². The highest BCUT2D eigenvalue weighted by molar-refractivity contribution is 7.88. The van der Waals surface area contributed by atoms with Crippen LogP contribution in [0.25, 0.3) is 22.6 Å². The second-order valence-corrected chi connectivity index (χ2v) is 11.7. The van der Waals surface area contributed by atoms with Crippen molar-refractivity contribution in [2.45, 2.75) is 31.0 Å². The summed E-state index contributed by atoms with van der Waals surface area (Å²) in [5.74, 6) is -0.861. The first-order valence-corrected chi connectivity index (χ1v) is 14.5. The second-order valence-electron chi connectivity index (χ2n) is 8.65. The van der Waals surface area contributed by atoms with E-state index in [9.17, 15) is 48.3 Å². The van der Waals surface area contributed by atoms with E-state index in [4.69, 9.17) is 5.11 Å². The Morgan fingerprint density at radius 1 is 0.786 bits per heavy atom. The van der Waals surface area contributed by atoms with Crippen LogP contribution in [0.1, 0.15) is 28.7 Å². The van der Waals surface area contributed by atoms with Gasteiger partial charge in [-0.2, -0.15) is 43.2 Å². The zero-order valence-corrected chi connectivity index (χ0v) is 23.0. The van der Waals surface area contributed by atoms with Crippen LogP contribution >= 0.6 is 0 Å². The average molecular weight is 641 g/mol. The number of hydrogen-bond donors (Lipinski definition) is 2. The first kappa shape index (κ1) is 32.9. The van der Waals surface area contributed by atoms with Crippen molar-refractivity contribution >= 4 is 42.8 Å². The molecule has 0 radical (unpaired) electrons. The Morgan fingerprint density at radius 3 is 1.90 bits per heavy atom. The number of aliphatic hydroxyl groups is 2. The second kappa shape index (κ2) is 12.3. The molecule has 0 amide bonds. The Bertz CT molecular complexity index is 1740. The molecule has 3 aromatic carbocycles. The number of alkyl halides is 6. The van der Waals surface area contributed by atoms with Crippen LogP contribution in [0.3, 0.4) is 0 Å². The van der Waals surface area contributed by atoms with Crippen LogP contribution < -0.4 is 4.18 Å². The van der Waals surface area contributed by atoms with Crippen LogP contribution in [0, 0.1) is 6.92 Å². The van der Waals surface area contributed by atoms with Gasteiger partial charge in [-0.15, -0.1) is 0 Å². The molecule has 8 nitrogen and oxygen atoms in total.